The van der Waals surface area contributed by atoms with Crippen molar-refractivity contribution >= 4 is 5.91 Å². The molecule has 1 aromatic rings. The molecule has 2 atom stereocenters. The minimum Gasteiger partial charge on any atom is -0.396 e. The smallest absolute Gasteiger partial charge is 0.248 e. The van der Waals surface area contributed by atoms with Crippen molar-refractivity contribution in [1.82, 2.24) is 5.32 Å². The van der Waals surface area contributed by atoms with Crippen LogP contribution in [0.5, 0.6) is 0 Å². The Morgan fingerprint density at radius 1 is 1.40 bits per heavy atom. The number of nitrogens with one attached hydrogen (secondary N) is 1. The van der Waals surface area contributed by atoms with Crippen LogP contribution in [0, 0.1) is 17.7 Å². The number of hydrogen-bond donors (Lipinski definition) is 3. The van der Waals surface area contributed by atoms with E-state index in [-0.39, 0.29) is 12.2 Å². The molecule has 0 aromatic heterocycles. The van der Waals surface area contributed by atoms with Crippen LogP contribution in [0.1, 0.15) is 35.2 Å². The Morgan fingerprint density at radius 3 is 2.80 bits per heavy atom. The third kappa shape index (κ3) is 3.55. The van der Waals surface area contributed by atoms with Crippen molar-refractivity contribution < 1.29 is 14.3 Å². The van der Waals surface area contributed by atoms with E-state index in [1.165, 1.54) is 12.1 Å². The molecule has 2 unspecified atom stereocenters. The number of benzene rings is 1. The van der Waals surface area contributed by atoms with Crippen molar-refractivity contribution in [2.75, 3.05) is 13.2 Å². The van der Waals surface area contributed by atoms with Gasteiger partial charge in [-0.1, -0.05) is 12.5 Å². The van der Waals surface area contributed by atoms with Gasteiger partial charge in [-0.3, -0.25) is 4.79 Å². The highest BCUT2D eigenvalue weighted by atomic mass is 19.1. The van der Waals surface area contributed by atoms with E-state index in [2.05, 4.69) is 5.32 Å². The van der Waals surface area contributed by atoms with E-state index in [4.69, 9.17) is 5.73 Å². The summed E-state index contributed by atoms with van der Waals surface area (Å²) >= 11 is 0. The Morgan fingerprint density at radius 2 is 2.15 bits per heavy atom. The predicted molar refractivity (Wildman–Crippen MR) is 74.5 cm³/mol. The van der Waals surface area contributed by atoms with Gasteiger partial charge in [-0.25, -0.2) is 4.39 Å². The number of carbonyl (C=O) groups excluding carboxylic acids is 1. The lowest BCUT2D eigenvalue weighted by atomic mass is 9.97. The van der Waals surface area contributed by atoms with Gasteiger partial charge in [0.25, 0.3) is 0 Å². The average molecular weight is 280 g/mol. The molecule has 0 bridgehead atoms. The molecular weight excluding hydrogens is 259 g/mol. The number of primary amides is 1. The summed E-state index contributed by atoms with van der Waals surface area (Å²) in [5.74, 6) is -0.211. The molecule has 0 saturated heterocycles. The van der Waals surface area contributed by atoms with Crippen LogP contribution in [0.3, 0.4) is 0 Å². The lowest BCUT2D eigenvalue weighted by Gasteiger charge is -2.18. The molecule has 1 fully saturated rings. The van der Waals surface area contributed by atoms with Crippen LogP contribution in [-0.2, 0) is 6.54 Å². The van der Waals surface area contributed by atoms with Gasteiger partial charge < -0.3 is 16.2 Å². The van der Waals surface area contributed by atoms with Crippen LogP contribution < -0.4 is 11.1 Å². The summed E-state index contributed by atoms with van der Waals surface area (Å²) in [5, 5.41) is 12.5. The Labute approximate surface area is 118 Å². The molecule has 20 heavy (non-hydrogen) atoms. The normalized spacial score (nSPS) is 22.1. The molecule has 1 saturated carbocycles. The molecule has 1 aliphatic carbocycles. The highest BCUT2D eigenvalue weighted by molar-refractivity contribution is 5.92. The van der Waals surface area contributed by atoms with Gasteiger partial charge in [0.15, 0.2) is 0 Å². The standard InChI is InChI=1S/C15H21FN2O2/c16-14-6-10(15(17)20)4-5-12(14)8-18-7-11-2-1-3-13(11)9-19/h4-6,11,13,18-19H,1-3,7-9H2,(H2,17,20). The molecule has 0 aliphatic heterocycles. The number of aliphatic hydroxyl groups is 1. The first kappa shape index (κ1) is 14.9. The van der Waals surface area contributed by atoms with Crippen molar-refractivity contribution in [3.63, 3.8) is 0 Å². The van der Waals surface area contributed by atoms with Crippen molar-refractivity contribution in [3.8, 4) is 0 Å². The molecule has 110 valence electrons. The van der Waals surface area contributed by atoms with Crippen LogP contribution in [0.15, 0.2) is 18.2 Å². The zero-order valence-corrected chi connectivity index (χ0v) is 11.4. The Kier molecular flexibility index (Phi) is 5.09. The van der Waals surface area contributed by atoms with Crippen LogP contribution in [-0.4, -0.2) is 24.2 Å². The largest absolute Gasteiger partial charge is 0.396 e. The number of carbonyl (C=O) groups is 1. The molecule has 1 amide bonds. The summed E-state index contributed by atoms with van der Waals surface area (Å²) < 4.78 is 13.8. The average Bonchev–Trinajstić information content (AvgIpc) is 2.87. The molecule has 4 N–H and O–H groups in total. The first-order valence-corrected chi connectivity index (χ1v) is 7.01. The monoisotopic (exact) mass is 280 g/mol. The van der Waals surface area contributed by atoms with E-state index in [1.807, 2.05) is 0 Å². The molecule has 4 nitrogen and oxygen atoms in total. The topological polar surface area (TPSA) is 75.4 Å². The molecule has 1 aliphatic rings. The molecule has 1 aromatic carbocycles. The van der Waals surface area contributed by atoms with E-state index in [1.54, 1.807) is 6.07 Å². The summed E-state index contributed by atoms with van der Waals surface area (Å²) in [6.07, 6.45) is 3.34. The van der Waals surface area contributed by atoms with Crippen molar-refractivity contribution in [2.24, 2.45) is 17.6 Å². The Hall–Kier alpha value is -1.46. The maximum Gasteiger partial charge on any atom is 0.248 e. The highest BCUT2D eigenvalue weighted by Gasteiger charge is 2.25. The number of halogens is 1. The summed E-state index contributed by atoms with van der Waals surface area (Å²) in [6.45, 7) is 1.43. The third-order valence-corrected chi connectivity index (χ3v) is 4.11. The van der Waals surface area contributed by atoms with Gasteiger partial charge in [0.2, 0.25) is 5.91 Å². The molecule has 2 rings (SSSR count). The van der Waals surface area contributed by atoms with Gasteiger partial charge in [-0.05, 0) is 43.4 Å². The van der Waals surface area contributed by atoms with Gasteiger partial charge >= 0.3 is 0 Å². The van der Waals surface area contributed by atoms with Crippen LogP contribution in [0.4, 0.5) is 4.39 Å². The van der Waals surface area contributed by atoms with Crippen LogP contribution >= 0.6 is 0 Å². The Bertz CT molecular complexity index is 479. The number of rotatable bonds is 6. The van der Waals surface area contributed by atoms with Gasteiger partial charge in [0, 0.05) is 24.3 Å². The number of nitrogens with two attached hydrogens (primary N) is 1. The molecule has 5 heteroatoms. The fourth-order valence-electron chi connectivity index (χ4n) is 2.86. The number of aliphatic hydroxyl groups excluding tert-OH is 1. The zero-order chi connectivity index (χ0) is 14.5. The van der Waals surface area contributed by atoms with Crippen LogP contribution in [0.25, 0.3) is 0 Å². The molecule has 0 heterocycles. The lowest BCUT2D eigenvalue weighted by Crippen LogP contribution is -2.26. The molecular formula is C15H21FN2O2. The summed E-state index contributed by atoms with van der Waals surface area (Å²) in [7, 11) is 0. The van der Waals surface area contributed by atoms with Crippen molar-refractivity contribution in [1.29, 1.82) is 0 Å². The van der Waals surface area contributed by atoms with E-state index in [0.717, 1.165) is 25.8 Å². The fourth-order valence-corrected chi connectivity index (χ4v) is 2.86. The second-order valence-corrected chi connectivity index (χ2v) is 5.43. The predicted octanol–water partition coefficient (Wildman–Crippen LogP) is 1.42. The van der Waals surface area contributed by atoms with Crippen molar-refractivity contribution in [2.45, 2.75) is 25.8 Å². The third-order valence-electron chi connectivity index (χ3n) is 4.11. The maximum atomic E-state index is 13.8. The minimum atomic E-state index is -0.625. The first-order chi connectivity index (χ1) is 9.61. The van der Waals surface area contributed by atoms with E-state index >= 15 is 0 Å². The fraction of sp³-hybridized carbons (Fsp3) is 0.533. The summed E-state index contributed by atoms with van der Waals surface area (Å²) in [5.41, 5.74) is 5.81. The summed E-state index contributed by atoms with van der Waals surface area (Å²) in [6, 6.07) is 4.29. The number of amides is 1. The second kappa shape index (κ2) is 6.81. The SMILES string of the molecule is NC(=O)c1ccc(CNCC2CCCC2CO)c(F)c1. The van der Waals surface area contributed by atoms with Gasteiger partial charge in [-0.15, -0.1) is 0 Å². The van der Waals surface area contributed by atoms with Gasteiger partial charge in [-0.2, -0.15) is 0 Å². The van der Waals surface area contributed by atoms with Gasteiger partial charge in [0.05, 0.1) is 0 Å². The number of hydrogen-bond acceptors (Lipinski definition) is 3. The van der Waals surface area contributed by atoms with Crippen LogP contribution in [0.2, 0.25) is 0 Å². The lowest BCUT2D eigenvalue weighted by molar-refractivity contribution is 0.1000. The minimum absolute atomic E-state index is 0.183. The zero-order valence-electron chi connectivity index (χ0n) is 11.4. The first-order valence-electron chi connectivity index (χ1n) is 7.01. The summed E-state index contributed by atoms with van der Waals surface area (Å²) in [4.78, 5) is 10.9. The van der Waals surface area contributed by atoms with Crippen molar-refractivity contribution in [3.05, 3.63) is 35.1 Å². The quantitative estimate of drug-likeness (QED) is 0.737. The van der Waals surface area contributed by atoms with Gasteiger partial charge in [0.1, 0.15) is 5.82 Å². The highest BCUT2D eigenvalue weighted by Crippen LogP contribution is 2.30. The van der Waals surface area contributed by atoms with E-state index in [9.17, 15) is 14.3 Å². The molecule has 0 spiro atoms. The maximum absolute atomic E-state index is 13.8. The molecule has 0 radical (unpaired) electrons. The van der Waals surface area contributed by atoms with E-state index in [0.29, 0.717) is 23.9 Å². The van der Waals surface area contributed by atoms with E-state index < -0.39 is 11.7 Å². The second-order valence-electron chi connectivity index (χ2n) is 5.43. The Balaban J connectivity index is 1.86.